The number of aldehydes is 1. The summed E-state index contributed by atoms with van der Waals surface area (Å²) in [4.78, 5) is 26.4. The maximum atomic E-state index is 11.3. The van der Waals surface area contributed by atoms with Crippen LogP contribution < -0.4 is 10.2 Å². The molecule has 0 aliphatic carbocycles. The zero-order valence-corrected chi connectivity index (χ0v) is 17.4. The lowest BCUT2D eigenvalue weighted by molar-refractivity contribution is -0.114. The Morgan fingerprint density at radius 1 is 1.38 bits per heavy atom. The number of benzene rings is 1. The topological polar surface area (TPSA) is 73.9 Å². The standard InChI is InChI=1S/C23H29N5O/c1-4-24-18-8-9-28(14-18)19-7-5-6-16(10-19)20-13-26-22-21(27-20)17(12-25-22)11-23(2,3)15-29/h5-7,10,12-13,15,18,24H,4,8-9,11,14H2,1-3H3,(H,25,26). The first-order chi connectivity index (χ1) is 14.0. The smallest absolute Gasteiger partial charge is 0.156 e. The van der Waals surface area contributed by atoms with E-state index in [1.807, 2.05) is 26.2 Å². The van der Waals surface area contributed by atoms with Crippen molar-refractivity contribution in [1.29, 1.82) is 0 Å². The molecule has 29 heavy (non-hydrogen) atoms. The molecule has 1 saturated heterocycles. The number of likely N-dealkylation sites (N-methyl/N-ethyl adjacent to an activating group) is 1. The van der Waals surface area contributed by atoms with Gasteiger partial charge in [0, 0.05) is 42.0 Å². The molecule has 2 N–H and O–H groups in total. The predicted molar refractivity (Wildman–Crippen MR) is 117 cm³/mol. The summed E-state index contributed by atoms with van der Waals surface area (Å²) in [6.07, 6.45) is 6.54. The van der Waals surface area contributed by atoms with Crippen LogP contribution in [-0.4, -0.2) is 46.9 Å². The van der Waals surface area contributed by atoms with E-state index in [-0.39, 0.29) is 0 Å². The third-order valence-corrected chi connectivity index (χ3v) is 5.61. The average molecular weight is 392 g/mol. The lowest BCUT2D eigenvalue weighted by atomic mass is 9.88. The van der Waals surface area contributed by atoms with Crippen LogP contribution >= 0.6 is 0 Å². The number of carbonyl (C=O) groups excluding carboxylic acids is 1. The zero-order valence-electron chi connectivity index (χ0n) is 17.4. The molecule has 3 aromatic rings. The Bertz CT molecular complexity index is 1010. The molecule has 1 aliphatic rings. The van der Waals surface area contributed by atoms with Crippen molar-refractivity contribution in [2.75, 3.05) is 24.5 Å². The molecule has 0 spiro atoms. The molecule has 0 saturated carbocycles. The number of rotatable bonds is 7. The number of hydrogen-bond acceptors (Lipinski definition) is 5. The maximum Gasteiger partial charge on any atom is 0.156 e. The van der Waals surface area contributed by atoms with E-state index in [4.69, 9.17) is 4.98 Å². The average Bonchev–Trinajstić information content (AvgIpc) is 3.35. The second kappa shape index (κ2) is 7.95. The molecule has 152 valence electrons. The molecule has 6 heteroatoms. The quantitative estimate of drug-likeness (QED) is 0.602. The molecule has 0 bridgehead atoms. The van der Waals surface area contributed by atoms with Crippen LogP contribution in [-0.2, 0) is 11.2 Å². The van der Waals surface area contributed by atoms with Crippen LogP contribution in [0.15, 0.2) is 36.7 Å². The molecular formula is C23H29N5O. The number of H-pyrrole nitrogens is 1. The van der Waals surface area contributed by atoms with Crippen molar-refractivity contribution in [2.45, 2.75) is 39.7 Å². The highest BCUT2D eigenvalue weighted by molar-refractivity contribution is 5.79. The van der Waals surface area contributed by atoms with Crippen molar-refractivity contribution in [3.8, 4) is 11.3 Å². The van der Waals surface area contributed by atoms with E-state index in [1.165, 1.54) is 12.1 Å². The van der Waals surface area contributed by atoms with Gasteiger partial charge < -0.3 is 20.0 Å². The number of anilines is 1. The fourth-order valence-electron chi connectivity index (χ4n) is 4.06. The van der Waals surface area contributed by atoms with Gasteiger partial charge >= 0.3 is 0 Å². The largest absolute Gasteiger partial charge is 0.370 e. The summed E-state index contributed by atoms with van der Waals surface area (Å²) in [6.45, 7) is 9.14. The first kappa shape index (κ1) is 19.6. The van der Waals surface area contributed by atoms with Gasteiger partial charge in [0.1, 0.15) is 11.8 Å². The Balaban J connectivity index is 1.62. The fraction of sp³-hybridized carbons (Fsp3) is 0.435. The van der Waals surface area contributed by atoms with Crippen molar-refractivity contribution >= 4 is 23.1 Å². The Hall–Kier alpha value is -2.73. The molecule has 3 heterocycles. The second-order valence-electron chi connectivity index (χ2n) is 8.59. The van der Waals surface area contributed by atoms with Gasteiger partial charge in [-0.2, -0.15) is 0 Å². The van der Waals surface area contributed by atoms with Crippen molar-refractivity contribution in [3.05, 3.63) is 42.2 Å². The van der Waals surface area contributed by atoms with Gasteiger partial charge in [0.15, 0.2) is 5.65 Å². The Morgan fingerprint density at radius 2 is 2.24 bits per heavy atom. The third-order valence-electron chi connectivity index (χ3n) is 5.61. The number of aromatic nitrogens is 3. The minimum atomic E-state index is -0.425. The van der Waals surface area contributed by atoms with Gasteiger partial charge in [-0.05, 0) is 37.1 Å². The molecule has 2 aromatic heterocycles. The van der Waals surface area contributed by atoms with E-state index < -0.39 is 5.41 Å². The van der Waals surface area contributed by atoms with Crippen LogP contribution in [0.25, 0.3) is 22.4 Å². The molecule has 1 unspecified atom stereocenters. The first-order valence-corrected chi connectivity index (χ1v) is 10.4. The van der Waals surface area contributed by atoms with Crippen molar-refractivity contribution in [3.63, 3.8) is 0 Å². The Kier molecular flexibility index (Phi) is 5.37. The first-order valence-electron chi connectivity index (χ1n) is 10.4. The summed E-state index contributed by atoms with van der Waals surface area (Å²) in [5.74, 6) is 0. The van der Waals surface area contributed by atoms with Gasteiger partial charge in [-0.25, -0.2) is 9.97 Å². The normalized spacial score (nSPS) is 17.2. The molecule has 1 aromatic carbocycles. The number of carbonyl (C=O) groups is 1. The highest BCUT2D eigenvalue weighted by atomic mass is 16.1. The van der Waals surface area contributed by atoms with Gasteiger partial charge in [0.05, 0.1) is 11.9 Å². The number of fused-ring (bicyclic) bond motifs is 1. The highest BCUT2D eigenvalue weighted by Gasteiger charge is 2.23. The lowest BCUT2D eigenvalue weighted by Gasteiger charge is -2.19. The number of nitrogens with zero attached hydrogens (tertiary/aromatic N) is 3. The summed E-state index contributed by atoms with van der Waals surface area (Å²) in [5, 5.41) is 3.54. The fourth-order valence-corrected chi connectivity index (χ4v) is 4.06. The second-order valence-corrected chi connectivity index (χ2v) is 8.59. The van der Waals surface area contributed by atoms with Gasteiger partial charge in [-0.15, -0.1) is 0 Å². The molecule has 0 amide bonds. The van der Waals surface area contributed by atoms with Gasteiger partial charge in [0.2, 0.25) is 0 Å². The van der Waals surface area contributed by atoms with Crippen LogP contribution in [0, 0.1) is 5.41 Å². The minimum absolute atomic E-state index is 0.425. The minimum Gasteiger partial charge on any atom is -0.370 e. The van der Waals surface area contributed by atoms with Crippen LogP contribution in [0.4, 0.5) is 5.69 Å². The summed E-state index contributed by atoms with van der Waals surface area (Å²) in [5.41, 5.74) is 5.34. The molecule has 6 nitrogen and oxygen atoms in total. The van der Waals surface area contributed by atoms with Gasteiger partial charge in [-0.3, -0.25) is 0 Å². The highest BCUT2D eigenvalue weighted by Crippen LogP contribution is 2.29. The molecular weight excluding hydrogens is 362 g/mol. The summed E-state index contributed by atoms with van der Waals surface area (Å²) in [6, 6.07) is 9.09. The Labute approximate surface area is 171 Å². The van der Waals surface area contributed by atoms with E-state index in [0.29, 0.717) is 12.5 Å². The number of nitrogens with one attached hydrogen (secondary N) is 2. The van der Waals surface area contributed by atoms with Crippen LogP contribution in [0.3, 0.4) is 0 Å². The predicted octanol–water partition coefficient (Wildman–Crippen LogP) is 3.58. The molecule has 1 aliphatic heterocycles. The number of hydrogen-bond donors (Lipinski definition) is 2. The van der Waals surface area contributed by atoms with Crippen LogP contribution in [0.2, 0.25) is 0 Å². The monoisotopic (exact) mass is 391 g/mol. The van der Waals surface area contributed by atoms with E-state index in [2.05, 4.69) is 51.4 Å². The molecule has 1 atom stereocenters. The summed E-state index contributed by atoms with van der Waals surface area (Å²) in [7, 11) is 0. The van der Waals surface area contributed by atoms with Crippen LogP contribution in [0.5, 0.6) is 0 Å². The van der Waals surface area contributed by atoms with Crippen molar-refractivity contribution < 1.29 is 4.79 Å². The molecule has 0 radical (unpaired) electrons. The maximum absolute atomic E-state index is 11.3. The lowest BCUT2D eigenvalue weighted by Crippen LogP contribution is -2.32. The Morgan fingerprint density at radius 3 is 3.03 bits per heavy atom. The van der Waals surface area contributed by atoms with Crippen molar-refractivity contribution in [2.24, 2.45) is 5.41 Å². The van der Waals surface area contributed by atoms with E-state index >= 15 is 0 Å². The van der Waals surface area contributed by atoms with E-state index in [1.54, 1.807) is 0 Å². The molecule has 1 fully saturated rings. The molecule has 4 rings (SSSR count). The van der Waals surface area contributed by atoms with E-state index in [9.17, 15) is 4.79 Å². The van der Waals surface area contributed by atoms with Crippen molar-refractivity contribution in [1.82, 2.24) is 20.3 Å². The third kappa shape index (κ3) is 4.17. The zero-order chi connectivity index (χ0) is 20.4. The summed E-state index contributed by atoms with van der Waals surface area (Å²) < 4.78 is 0. The van der Waals surface area contributed by atoms with Crippen LogP contribution in [0.1, 0.15) is 32.8 Å². The number of aromatic amines is 1. The SMILES string of the molecule is CCNC1CCN(c2cccc(-c3cnc4[nH]cc(CC(C)(C)C=O)c4n3)c2)C1. The van der Waals surface area contributed by atoms with Gasteiger partial charge in [-0.1, -0.05) is 32.9 Å². The van der Waals surface area contributed by atoms with E-state index in [0.717, 1.165) is 53.9 Å². The summed E-state index contributed by atoms with van der Waals surface area (Å²) >= 11 is 0. The van der Waals surface area contributed by atoms with Gasteiger partial charge in [0.25, 0.3) is 0 Å².